The first-order valence-electron chi connectivity index (χ1n) is 12.2. The summed E-state index contributed by atoms with van der Waals surface area (Å²) in [4.78, 5) is 19.0. The van der Waals surface area contributed by atoms with E-state index in [1.807, 2.05) is 29.2 Å². The second-order valence-corrected chi connectivity index (χ2v) is 9.19. The summed E-state index contributed by atoms with van der Waals surface area (Å²) in [5.74, 6) is 2.56. The zero-order chi connectivity index (χ0) is 23.0. The van der Waals surface area contributed by atoms with Crippen LogP contribution in [0.3, 0.4) is 0 Å². The van der Waals surface area contributed by atoms with Crippen molar-refractivity contribution in [3.8, 4) is 5.75 Å². The van der Waals surface area contributed by atoms with Gasteiger partial charge in [-0.25, -0.2) is 0 Å². The summed E-state index contributed by atoms with van der Waals surface area (Å²) in [6.45, 7) is 5.92. The molecule has 1 heterocycles. The first-order chi connectivity index (χ1) is 16.1. The number of aryl methyl sites for hydroxylation is 1. The van der Waals surface area contributed by atoms with E-state index in [2.05, 4.69) is 40.7 Å². The van der Waals surface area contributed by atoms with Crippen molar-refractivity contribution in [2.75, 3.05) is 26.7 Å². The monoisotopic (exact) mass is 448 g/mol. The van der Waals surface area contributed by atoms with Crippen LogP contribution in [0.15, 0.2) is 47.5 Å². The van der Waals surface area contributed by atoms with Gasteiger partial charge in [-0.05, 0) is 74.3 Å². The van der Waals surface area contributed by atoms with Crippen molar-refractivity contribution in [2.45, 2.75) is 52.1 Å². The highest BCUT2D eigenvalue weighted by Crippen LogP contribution is 2.30. The number of rotatable bonds is 8. The van der Waals surface area contributed by atoms with Gasteiger partial charge in [0.15, 0.2) is 5.96 Å². The normalized spacial score (nSPS) is 16.4. The van der Waals surface area contributed by atoms with E-state index in [0.717, 1.165) is 66.9 Å². The maximum absolute atomic E-state index is 12.7. The van der Waals surface area contributed by atoms with Crippen LogP contribution in [0.4, 0.5) is 0 Å². The maximum atomic E-state index is 12.7. The first kappa shape index (κ1) is 23.1. The second-order valence-electron chi connectivity index (χ2n) is 9.19. The van der Waals surface area contributed by atoms with Crippen molar-refractivity contribution in [1.29, 1.82) is 0 Å². The molecule has 0 aromatic heterocycles. The van der Waals surface area contributed by atoms with Gasteiger partial charge in [-0.1, -0.05) is 24.3 Å². The highest BCUT2D eigenvalue weighted by Gasteiger charge is 2.22. The Bertz CT molecular complexity index is 961. The molecule has 2 aromatic carbocycles. The number of hydrogen-bond donors (Lipinski definition) is 2. The van der Waals surface area contributed by atoms with Gasteiger partial charge in [0.1, 0.15) is 5.75 Å². The maximum Gasteiger partial charge on any atom is 0.253 e. The fourth-order valence-electron chi connectivity index (χ4n) is 4.06. The van der Waals surface area contributed by atoms with Gasteiger partial charge in [-0.15, -0.1) is 0 Å². The second kappa shape index (κ2) is 11.2. The molecule has 1 amide bonds. The van der Waals surface area contributed by atoms with Crippen LogP contribution in [0.1, 0.15) is 59.2 Å². The fourth-order valence-corrected chi connectivity index (χ4v) is 4.06. The van der Waals surface area contributed by atoms with E-state index in [0.29, 0.717) is 13.1 Å². The Balaban J connectivity index is 1.28. The third-order valence-corrected chi connectivity index (χ3v) is 6.37. The lowest BCUT2D eigenvalue weighted by atomic mass is 10.1. The lowest BCUT2D eigenvalue weighted by Crippen LogP contribution is -2.36. The number of carbonyl (C=O) groups is 1. The van der Waals surface area contributed by atoms with Gasteiger partial charge in [-0.2, -0.15) is 0 Å². The Morgan fingerprint density at radius 1 is 1.03 bits per heavy atom. The number of guanidine groups is 1. The van der Waals surface area contributed by atoms with Crippen molar-refractivity contribution in [3.05, 3.63) is 64.7 Å². The lowest BCUT2D eigenvalue weighted by molar-refractivity contribution is 0.0724. The lowest BCUT2D eigenvalue weighted by Gasteiger charge is -2.26. The summed E-state index contributed by atoms with van der Waals surface area (Å²) < 4.78 is 6.08. The number of likely N-dealkylation sites (tertiary alicyclic amines) is 1. The number of nitrogens with one attached hydrogen (secondary N) is 2. The third kappa shape index (κ3) is 6.73. The number of carbonyl (C=O) groups excluding carboxylic acids is 1. The van der Waals surface area contributed by atoms with E-state index < -0.39 is 0 Å². The Hall–Kier alpha value is -3.02. The number of ether oxygens (including phenoxy) is 1. The Labute approximate surface area is 197 Å². The molecule has 0 spiro atoms. The van der Waals surface area contributed by atoms with Gasteiger partial charge in [0.2, 0.25) is 0 Å². The van der Waals surface area contributed by atoms with E-state index in [9.17, 15) is 4.79 Å². The topological polar surface area (TPSA) is 66.0 Å². The van der Waals surface area contributed by atoms with E-state index in [4.69, 9.17) is 4.74 Å². The average molecular weight is 449 g/mol. The molecule has 4 rings (SSSR count). The molecular formula is C27H36N4O2. The highest BCUT2D eigenvalue weighted by molar-refractivity contribution is 5.94. The molecule has 0 radical (unpaired) electrons. The van der Waals surface area contributed by atoms with Crippen LogP contribution < -0.4 is 15.4 Å². The number of nitrogens with zero attached hydrogens (tertiary/aromatic N) is 2. The summed E-state index contributed by atoms with van der Waals surface area (Å²) in [5.41, 5.74) is 4.21. The van der Waals surface area contributed by atoms with Crippen molar-refractivity contribution >= 4 is 11.9 Å². The Morgan fingerprint density at radius 2 is 1.76 bits per heavy atom. The molecule has 33 heavy (non-hydrogen) atoms. The molecule has 2 aliphatic rings. The SMILES string of the molecule is CN=C(NCc1ccc(C(=O)N2CCCCC2)cc1)NCc1ccc(C)cc1OCC1CC1. The van der Waals surface area contributed by atoms with Gasteiger partial charge < -0.3 is 20.3 Å². The summed E-state index contributed by atoms with van der Waals surface area (Å²) in [7, 11) is 1.77. The summed E-state index contributed by atoms with van der Waals surface area (Å²) in [6, 6.07) is 14.2. The molecule has 6 nitrogen and oxygen atoms in total. The van der Waals surface area contributed by atoms with Crippen LogP contribution in [-0.4, -0.2) is 43.5 Å². The first-order valence-corrected chi connectivity index (χ1v) is 12.2. The van der Waals surface area contributed by atoms with Gasteiger partial charge in [-0.3, -0.25) is 9.79 Å². The number of hydrogen-bond acceptors (Lipinski definition) is 3. The number of aliphatic imine (C=N–C) groups is 1. The molecular weight excluding hydrogens is 412 g/mol. The molecule has 1 saturated carbocycles. The van der Waals surface area contributed by atoms with Crippen LogP contribution >= 0.6 is 0 Å². The number of piperidine rings is 1. The number of benzene rings is 2. The van der Waals surface area contributed by atoms with Crippen molar-refractivity contribution < 1.29 is 9.53 Å². The van der Waals surface area contributed by atoms with Crippen molar-refractivity contribution in [3.63, 3.8) is 0 Å². The van der Waals surface area contributed by atoms with Gasteiger partial charge >= 0.3 is 0 Å². The minimum absolute atomic E-state index is 0.143. The molecule has 2 aromatic rings. The van der Waals surface area contributed by atoms with Crippen LogP contribution in [-0.2, 0) is 13.1 Å². The minimum Gasteiger partial charge on any atom is -0.493 e. The zero-order valence-corrected chi connectivity index (χ0v) is 19.9. The standard InChI is InChI=1S/C27H36N4O2/c1-20-6-11-24(25(16-20)33-19-22-7-8-22)18-30-27(28-2)29-17-21-9-12-23(13-10-21)26(32)31-14-4-3-5-15-31/h6,9-13,16,22H,3-5,7-8,14-15,17-19H2,1-2H3,(H2,28,29,30). The molecule has 0 unspecified atom stereocenters. The van der Waals surface area contributed by atoms with Gasteiger partial charge in [0.25, 0.3) is 5.91 Å². The van der Waals surface area contributed by atoms with E-state index in [-0.39, 0.29) is 5.91 Å². The Morgan fingerprint density at radius 3 is 2.45 bits per heavy atom. The summed E-state index contributed by atoms with van der Waals surface area (Å²) in [6.07, 6.45) is 6.00. The molecule has 6 heteroatoms. The zero-order valence-electron chi connectivity index (χ0n) is 19.9. The van der Waals surface area contributed by atoms with E-state index in [1.54, 1.807) is 7.05 Å². The van der Waals surface area contributed by atoms with Gasteiger partial charge in [0, 0.05) is 44.4 Å². The Kier molecular flexibility index (Phi) is 7.87. The van der Waals surface area contributed by atoms with E-state index in [1.165, 1.54) is 24.8 Å². The average Bonchev–Trinajstić information content (AvgIpc) is 3.69. The van der Waals surface area contributed by atoms with Crippen LogP contribution in [0, 0.1) is 12.8 Å². The quantitative estimate of drug-likeness (QED) is 0.467. The minimum atomic E-state index is 0.143. The summed E-state index contributed by atoms with van der Waals surface area (Å²) in [5, 5.41) is 6.75. The van der Waals surface area contributed by atoms with Crippen LogP contribution in [0.5, 0.6) is 5.75 Å². The highest BCUT2D eigenvalue weighted by atomic mass is 16.5. The molecule has 1 saturated heterocycles. The third-order valence-electron chi connectivity index (χ3n) is 6.37. The van der Waals surface area contributed by atoms with Crippen molar-refractivity contribution in [1.82, 2.24) is 15.5 Å². The fraction of sp³-hybridized carbons (Fsp3) is 0.481. The van der Waals surface area contributed by atoms with Crippen LogP contribution in [0.25, 0.3) is 0 Å². The van der Waals surface area contributed by atoms with Crippen molar-refractivity contribution in [2.24, 2.45) is 10.9 Å². The molecule has 176 valence electrons. The number of amides is 1. The molecule has 2 N–H and O–H groups in total. The van der Waals surface area contributed by atoms with Gasteiger partial charge in [0.05, 0.1) is 6.61 Å². The predicted molar refractivity (Wildman–Crippen MR) is 133 cm³/mol. The molecule has 0 bridgehead atoms. The smallest absolute Gasteiger partial charge is 0.253 e. The summed E-state index contributed by atoms with van der Waals surface area (Å²) >= 11 is 0. The molecule has 2 fully saturated rings. The predicted octanol–water partition coefficient (Wildman–Crippen LogP) is 4.28. The molecule has 1 aliphatic heterocycles. The molecule has 1 aliphatic carbocycles. The molecule has 0 atom stereocenters. The van der Waals surface area contributed by atoms with E-state index >= 15 is 0 Å². The van der Waals surface area contributed by atoms with Crippen LogP contribution in [0.2, 0.25) is 0 Å². The largest absolute Gasteiger partial charge is 0.493 e.